The molecule has 0 amide bonds. The lowest BCUT2D eigenvalue weighted by Gasteiger charge is -2.06. The monoisotopic (exact) mass is 221 g/mol. The van der Waals surface area contributed by atoms with Crippen molar-refractivity contribution in [2.24, 2.45) is 0 Å². The Bertz CT molecular complexity index is 286. The number of unbranched alkanes of at least 4 members (excludes halogenated alkanes) is 1. The maximum atomic E-state index is 4.97. The molecule has 1 aromatic carbocycles. The minimum Gasteiger partial charge on any atom is -0.383 e. The number of benzene rings is 1. The fraction of sp³-hybridized carbons (Fsp3) is 0.571. The first kappa shape index (κ1) is 13.2. The van der Waals surface area contributed by atoms with Crippen molar-refractivity contribution in [1.82, 2.24) is 5.32 Å². The van der Waals surface area contributed by atoms with Gasteiger partial charge in [-0.3, -0.25) is 0 Å². The van der Waals surface area contributed by atoms with E-state index in [1.165, 1.54) is 30.4 Å². The molecule has 0 atom stereocenters. The average Bonchev–Trinajstić information content (AvgIpc) is 2.30. The van der Waals surface area contributed by atoms with Crippen LogP contribution in [0.3, 0.4) is 0 Å². The van der Waals surface area contributed by atoms with E-state index in [9.17, 15) is 0 Å². The zero-order valence-electron chi connectivity index (χ0n) is 10.5. The van der Waals surface area contributed by atoms with Crippen LogP contribution in [0.25, 0.3) is 0 Å². The molecule has 2 heteroatoms. The lowest BCUT2D eigenvalue weighted by atomic mass is 10.0. The molecule has 16 heavy (non-hydrogen) atoms. The Labute approximate surface area is 99.0 Å². The SMILES string of the molecule is COCCNCCCCc1ccccc1C. The van der Waals surface area contributed by atoms with Gasteiger partial charge in [0.25, 0.3) is 0 Å². The normalized spacial score (nSPS) is 10.6. The minimum absolute atomic E-state index is 0.803. The Hall–Kier alpha value is -0.860. The van der Waals surface area contributed by atoms with E-state index in [1.807, 2.05) is 0 Å². The predicted octanol–water partition coefficient (Wildman–Crippen LogP) is 2.55. The molecule has 0 saturated heterocycles. The lowest BCUT2D eigenvalue weighted by Crippen LogP contribution is -2.20. The van der Waals surface area contributed by atoms with Crippen molar-refractivity contribution < 1.29 is 4.74 Å². The number of aryl methyl sites for hydroxylation is 2. The first-order chi connectivity index (χ1) is 7.84. The molecule has 1 N–H and O–H groups in total. The number of rotatable bonds is 8. The molecule has 0 saturated carbocycles. The number of hydrogen-bond acceptors (Lipinski definition) is 2. The molecule has 1 aromatic rings. The van der Waals surface area contributed by atoms with Crippen molar-refractivity contribution in [3.8, 4) is 0 Å². The molecule has 1 rings (SSSR count). The highest BCUT2D eigenvalue weighted by atomic mass is 16.5. The van der Waals surface area contributed by atoms with E-state index in [4.69, 9.17) is 4.74 Å². The van der Waals surface area contributed by atoms with Crippen molar-refractivity contribution in [2.45, 2.75) is 26.2 Å². The van der Waals surface area contributed by atoms with Gasteiger partial charge in [-0.2, -0.15) is 0 Å². The first-order valence-corrected chi connectivity index (χ1v) is 6.08. The molecule has 2 nitrogen and oxygen atoms in total. The van der Waals surface area contributed by atoms with Gasteiger partial charge in [-0.1, -0.05) is 24.3 Å². The second-order valence-corrected chi connectivity index (χ2v) is 4.13. The van der Waals surface area contributed by atoms with E-state index >= 15 is 0 Å². The predicted molar refractivity (Wildman–Crippen MR) is 68.9 cm³/mol. The topological polar surface area (TPSA) is 21.3 Å². The summed E-state index contributed by atoms with van der Waals surface area (Å²) in [5, 5.41) is 3.36. The highest BCUT2D eigenvalue weighted by molar-refractivity contribution is 5.25. The second-order valence-electron chi connectivity index (χ2n) is 4.13. The zero-order valence-corrected chi connectivity index (χ0v) is 10.5. The molecule has 0 aliphatic heterocycles. The van der Waals surface area contributed by atoms with E-state index < -0.39 is 0 Å². The van der Waals surface area contributed by atoms with Crippen LogP contribution in [0, 0.1) is 6.92 Å². The van der Waals surface area contributed by atoms with Gasteiger partial charge in [0.1, 0.15) is 0 Å². The van der Waals surface area contributed by atoms with E-state index in [2.05, 4.69) is 36.5 Å². The van der Waals surface area contributed by atoms with Gasteiger partial charge in [-0.05, 0) is 43.9 Å². The van der Waals surface area contributed by atoms with Gasteiger partial charge >= 0.3 is 0 Å². The number of hydrogen-bond donors (Lipinski definition) is 1. The van der Waals surface area contributed by atoms with Crippen molar-refractivity contribution >= 4 is 0 Å². The number of ether oxygens (including phenoxy) is 1. The summed E-state index contributed by atoms with van der Waals surface area (Å²) in [5.41, 5.74) is 2.90. The number of methoxy groups -OCH3 is 1. The molecule has 90 valence electrons. The standard InChI is InChI=1S/C14H23NO/c1-13-7-3-4-8-14(13)9-5-6-10-15-11-12-16-2/h3-4,7-8,15H,5-6,9-12H2,1-2H3. The van der Waals surface area contributed by atoms with Crippen LogP contribution >= 0.6 is 0 Å². The molecular weight excluding hydrogens is 198 g/mol. The Balaban J connectivity index is 2.05. The summed E-state index contributed by atoms with van der Waals surface area (Å²) in [6, 6.07) is 8.64. The van der Waals surface area contributed by atoms with Gasteiger partial charge in [0, 0.05) is 13.7 Å². The summed E-state index contributed by atoms with van der Waals surface area (Å²) in [4.78, 5) is 0. The van der Waals surface area contributed by atoms with Crippen molar-refractivity contribution in [1.29, 1.82) is 0 Å². The van der Waals surface area contributed by atoms with Gasteiger partial charge in [0.2, 0.25) is 0 Å². The van der Waals surface area contributed by atoms with Gasteiger partial charge in [0.05, 0.1) is 6.61 Å². The van der Waals surface area contributed by atoms with Gasteiger partial charge in [-0.15, -0.1) is 0 Å². The first-order valence-electron chi connectivity index (χ1n) is 6.08. The molecule has 0 radical (unpaired) electrons. The third-order valence-corrected chi connectivity index (χ3v) is 2.79. The van der Waals surface area contributed by atoms with E-state index in [1.54, 1.807) is 7.11 Å². The third-order valence-electron chi connectivity index (χ3n) is 2.79. The second kappa shape index (κ2) is 8.31. The van der Waals surface area contributed by atoms with Crippen LogP contribution in [0.5, 0.6) is 0 Å². The minimum atomic E-state index is 0.803. The van der Waals surface area contributed by atoms with Gasteiger partial charge < -0.3 is 10.1 Å². The van der Waals surface area contributed by atoms with Gasteiger partial charge in [-0.25, -0.2) is 0 Å². The molecule has 0 aromatic heterocycles. The van der Waals surface area contributed by atoms with Crippen LogP contribution in [0.1, 0.15) is 24.0 Å². The van der Waals surface area contributed by atoms with Crippen molar-refractivity contribution in [3.63, 3.8) is 0 Å². The summed E-state index contributed by atoms with van der Waals surface area (Å²) in [6.45, 7) is 5.04. The molecular formula is C14H23NO. The average molecular weight is 221 g/mol. The molecule has 0 aliphatic carbocycles. The maximum absolute atomic E-state index is 4.97. The largest absolute Gasteiger partial charge is 0.383 e. The Morgan fingerprint density at radius 2 is 1.94 bits per heavy atom. The highest BCUT2D eigenvalue weighted by Crippen LogP contribution is 2.10. The van der Waals surface area contributed by atoms with Crippen LogP contribution in [0.2, 0.25) is 0 Å². The molecule has 0 bridgehead atoms. The molecule has 0 heterocycles. The summed E-state index contributed by atoms with van der Waals surface area (Å²) in [7, 11) is 1.74. The third kappa shape index (κ3) is 5.29. The van der Waals surface area contributed by atoms with E-state index in [0.717, 1.165) is 19.7 Å². The van der Waals surface area contributed by atoms with Crippen LogP contribution in [0.15, 0.2) is 24.3 Å². The lowest BCUT2D eigenvalue weighted by molar-refractivity contribution is 0.199. The number of nitrogens with one attached hydrogen (secondary N) is 1. The summed E-state index contributed by atoms with van der Waals surface area (Å²) in [5.74, 6) is 0. The van der Waals surface area contributed by atoms with Crippen LogP contribution in [-0.4, -0.2) is 26.8 Å². The molecule has 0 unspecified atom stereocenters. The Kier molecular flexibility index (Phi) is 6.86. The van der Waals surface area contributed by atoms with Crippen LogP contribution in [-0.2, 0) is 11.2 Å². The van der Waals surface area contributed by atoms with Crippen LogP contribution in [0.4, 0.5) is 0 Å². The summed E-state index contributed by atoms with van der Waals surface area (Å²) < 4.78 is 4.97. The fourth-order valence-corrected chi connectivity index (χ4v) is 1.76. The quantitative estimate of drug-likeness (QED) is 0.681. The fourth-order valence-electron chi connectivity index (χ4n) is 1.76. The van der Waals surface area contributed by atoms with E-state index in [-0.39, 0.29) is 0 Å². The molecule has 0 spiro atoms. The smallest absolute Gasteiger partial charge is 0.0587 e. The van der Waals surface area contributed by atoms with Crippen molar-refractivity contribution in [3.05, 3.63) is 35.4 Å². The van der Waals surface area contributed by atoms with Crippen LogP contribution < -0.4 is 5.32 Å². The maximum Gasteiger partial charge on any atom is 0.0587 e. The Morgan fingerprint density at radius 3 is 2.69 bits per heavy atom. The highest BCUT2D eigenvalue weighted by Gasteiger charge is 1.96. The van der Waals surface area contributed by atoms with E-state index in [0.29, 0.717) is 0 Å². The van der Waals surface area contributed by atoms with Crippen molar-refractivity contribution in [2.75, 3.05) is 26.8 Å². The Morgan fingerprint density at radius 1 is 1.12 bits per heavy atom. The summed E-state index contributed by atoms with van der Waals surface area (Å²) >= 11 is 0. The molecule has 0 aliphatic rings. The van der Waals surface area contributed by atoms with Gasteiger partial charge in [0.15, 0.2) is 0 Å². The zero-order chi connectivity index (χ0) is 11.6. The molecule has 0 fully saturated rings. The summed E-state index contributed by atoms with van der Waals surface area (Å²) in [6.07, 6.45) is 3.68.